The van der Waals surface area contributed by atoms with Crippen LogP contribution in [0.1, 0.15) is 55.5 Å². The van der Waals surface area contributed by atoms with Crippen LogP contribution in [0.3, 0.4) is 0 Å². The normalized spacial score (nSPS) is 10.9. The Morgan fingerprint density at radius 3 is 2.25 bits per heavy atom. The molecule has 0 radical (unpaired) electrons. The SMILES string of the molecule is CCCC(O)(CCC)CNC(=O)c1ccc(C#N)cc1. The van der Waals surface area contributed by atoms with Gasteiger partial charge in [0.2, 0.25) is 0 Å². The van der Waals surface area contributed by atoms with Gasteiger partial charge < -0.3 is 10.4 Å². The summed E-state index contributed by atoms with van der Waals surface area (Å²) < 4.78 is 0. The van der Waals surface area contributed by atoms with Crippen molar-refractivity contribution in [3.8, 4) is 6.07 Å². The molecule has 1 aromatic rings. The topological polar surface area (TPSA) is 73.1 Å². The van der Waals surface area contributed by atoms with E-state index >= 15 is 0 Å². The van der Waals surface area contributed by atoms with Gasteiger partial charge in [-0.25, -0.2) is 0 Å². The minimum atomic E-state index is -0.828. The number of benzene rings is 1. The number of hydrogen-bond donors (Lipinski definition) is 2. The van der Waals surface area contributed by atoms with Gasteiger partial charge in [-0.05, 0) is 37.1 Å². The first-order valence-electron chi connectivity index (χ1n) is 7.05. The summed E-state index contributed by atoms with van der Waals surface area (Å²) in [5, 5.41) is 21.9. The monoisotopic (exact) mass is 274 g/mol. The zero-order valence-electron chi connectivity index (χ0n) is 12.1. The van der Waals surface area contributed by atoms with Crippen molar-refractivity contribution in [2.75, 3.05) is 6.54 Å². The summed E-state index contributed by atoms with van der Waals surface area (Å²) in [5.74, 6) is -0.222. The van der Waals surface area contributed by atoms with Crippen LogP contribution in [0.25, 0.3) is 0 Å². The number of amides is 1. The molecule has 0 spiro atoms. The molecule has 1 rings (SSSR count). The predicted molar refractivity (Wildman–Crippen MR) is 78.3 cm³/mol. The van der Waals surface area contributed by atoms with Crippen molar-refractivity contribution in [3.05, 3.63) is 35.4 Å². The maximum absolute atomic E-state index is 12.0. The number of rotatable bonds is 7. The molecule has 0 bridgehead atoms. The average molecular weight is 274 g/mol. The molecule has 1 amide bonds. The molecular weight excluding hydrogens is 252 g/mol. The second-order valence-corrected chi connectivity index (χ2v) is 5.10. The number of hydrogen-bond acceptors (Lipinski definition) is 3. The number of nitrogens with zero attached hydrogens (tertiary/aromatic N) is 1. The summed E-state index contributed by atoms with van der Waals surface area (Å²) in [6.07, 6.45) is 3.11. The molecular formula is C16H22N2O2. The molecule has 0 heterocycles. The largest absolute Gasteiger partial charge is 0.388 e. The van der Waals surface area contributed by atoms with Gasteiger partial charge in [-0.15, -0.1) is 0 Å². The molecule has 4 nitrogen and oxygen atoms in total. The van der Waals surface area contributed by atoms with Gasteiger partial charge in [0.25, 0.3) is 5.91 Å². The fourth-order valence-electron chi connectivity index (χ4n) is 2.28. The van der Waals surface area contributed by atoms with Gasteiger partial charge in [0, 0.05) is 12.1 Å². The third-order valence-electron chi connectivity index (χ3n) is 3.28. The van der Waals surface area contributed by atoms with Crippen molar-refractivity contribution in [2.45, 2.75) is 45.1 Å². The summed E-state index contributed by atoms with van der Waals surface area (Å²) in [5.41, 5.74) is 0.195. The Morgan fingerprint density at radius 2 is 1.80 bits per heavy atom. The van der Waals surface area contributed by atoms with Crippen LogP contribution >= 0.6 is 0 Å². The van der Waals surface area contributed by atoms with Gasteiger partial charge in [-0.1, -0.05) is 26.7 Å². The highest BCUT2D eigenvalue weighted by Crippen LogP contribution is 2.18. The maximum atomic E-state index is 12.0. The lowest BCUT2D eigenvalue weighted by atomic mass is 9.92. The Bertz CT molecular complexity index is 468. The first kappa shape index (κ1) is 16.2. The molecule has 0 aromatic heterocycles. The maximum Gasteiger partial charge on any atom is 0.251 e. The van der Waals surface area contributed by atoms with Gasteiger partial charge in [-0.2, -0.15) is 5.26 Å². The van der Waals surface area contributed by atoms with E-state index in [4.69, 9.17) is 5.26 Å². The minimum absolute atomic E-state index is 0.222. The first-order chi connectivity index (χ1) is 9.54. The molecule has 108 valence electrons. The van der Waals surface area contributed by atoms with Crippen LogP contribution in [-0.2, 0) is 0 Å². The van der Waals surface area contributed by atoms with Gasteiger partial charge in [0.15, 0.2) is 0 Å². The second-order valence-electron chi connectivity index (χ2n) is 5.10. The summed E-state index contributed by atoms with van der Waals surface area (Å²) in [6.45, 7) is 4.29. The van der Waals surface area contributed by atoms with Crippen LogP contribution in [0.2, 0.25) is 0 Å². The smallest absolute Gasteiger partial charge is 0.251 e. The Hall–Kier alpha value is -1.86. The molecule has 1 aromatic carbocycles. The van der Waals surface area contributed by atoms with Gasteiger partial charge in [0.05, 0.1) is 17.2 Å². The molecule has 0 saturated carbocycles. The van der Waals surface area contributed by atoms with E-state index in [-0.39, 0.29) is 12.5 Å². The highest BCUT2D eigenvalue weighted by atomic mass is 16.3. The molecule has 0 aliphatic carbocycles. The molecule has 0 fully saturated rings. The number of nitrogens with one attached hydrogen (secondary N) is 1. The average Bonchev–Trinajstić information content (AvgIpc) is 2.45. The van der Waals surface area contributed by atoms with Crippen molar-refractivity contribution in [3.63, 3.8) is 0 Å². The molecule has 0 aliphatic heterocycles. The highest BCUT2D eigenvalue weighted by Gasteiger charge is 2.25. The van der Waals surface area contributed by atoms with E-state index in [0.29, 0.717) is 24.0 Å². The van der Waals surface area contributed by atoms with Crippen molar-refractivity contribution in [2.24, 2.45) is 0 Å². The van der Waals surface area contributed by atoms with Crippen molar-refractivity contribution in [1.82, 2.24) is 5.32 Å². The third-order valence-corrected chi connectivity index (χ3v) is 3.28. The lowest BCUT2D eigenvalue weighted by Gasteiger charge is -2.27. The number of aliphatic hydroxyl groups is 1. The van der Waals surface area contributed by atoms with Crippen LogP contribution in [-0.4, -0.2) is 23.2 Å². The molecule has 0 unspecified atom stereocenters. The van der Waals surface area contributed by atoms with Gasteiger partial charge in [-0.3, -0.25) is 4.79 Å². The molecule has 4 heteroatoms. The van der Waals surface area contributed by atoms with E-state index in [9.17, 15) is 9.90 Å². The zero-order valence-corrected chi connectivity index (χ0v) is 12.1. The van der Waals surface area contributed by atoms with E-state index in [1.165, 1.54) is 0 Å². The predicted octanol–water partition coefficient (Wildman–Crippen LogP) is 2.62. The fourth-order valence-corrected chi connectivity index (χ4v) is 2.28. The highest BCUT2D eigenvalue weighted by molar-refractivity contribution is 5.94. The summed E-state index contributed by atoms with van der Waals surface area (Å²) in [6, 6.07) is 8.47. The van der Waals surface area contributed by atoms with E-state index < -0.39 is 5.60 Å². The van der Waals surface area contributed by atoms with Crippen LogP contribution < -0.4 is 5.32 Å². The molecule has 0 aliphatic rings. The Morgan fingerprint density at radius 1 is 1.25 bits per heavy atom. The zero-order chi connectivity index (χ0) is 15.0. The van der Waals surface area contributed by atoms with Crippen molar-refractivity contribution >= 4 is 5.91 Å². The molecule has 2 N–H and O–H groups in total. The van der Waals surface area contributed by atoms with Gasteiger partial charge >= 0.3 is 0 Å². The first-order valence-corrected chi connectivity index (χ1v) is 7.05. The van der Waals surface area contributed by atoms with E-state index in [1.54, 1.807) is 24.3 Å². The minimum Gasteiger partial charge on any atom is -0.388 e. The summed E-state index contributed by atoms with van der Waals surface area (Å²) >= 11 is 0. The number of carbonyl (C=O) groups excluding carboxylic acids is 1. The fraction of sp³-hybridized carbons (Fsp3) is 0.500. The Labute approximate surface area is 120 Å². The molecule has 20 heavy (non-hydrogen) atoms. The second kappa shape index (κ2) is 7.66. The van der Waals surface area contributed by atoms with E-state index in [1.807, 2.05) is 19.9 Å². The van der Waals surface area contributed by atoms with Crippen LogP contribution in [0.5, 0.6) is 0 Å². The molecule has 0 saturated heterocycles. The van der Waals surface area contributed by atoms with E-state index in [0.717, 1.165) is 12.8 Å². The third kappa shape index (κ3) is 4.67. The Kier molecular flexibility index (Phi) is 6.20. The van der Waals surface area contributed by atoms with Gasteiger partial charge in [0.1, 0.15) is 0 Å². The Balaban J connectivity index is 2.63. The number of carbonyl (C=O) groups is 1. The lowest BCUT2D eigenvalue weighted by Crippen LogP contribution is -2.42. The van der Waals surface area contributed by atoms with E-state index in [2.05, 4.69) is 5.32 Å². The number of nitriles is 1. The summed E-state index contributed by atoms with van der Waals surface area (Å²) in [4.78, 5) is 12.0. The van der Waals surface area contributed by atoms with Crippen molar-refractivity contribution in [1.29, 1.82) is 5.26 Å². The quantitative estimate of drug-likeness (QED) is 0.802. The van der Waals surface area contributed by atoms with Crippen LogP contribution in [0.15, 0.2) is 24.3 Å². The lowest BCUT2D eigenvalue weighted by molar-refractivity contribution is 0.0213. The summed E-state index contributed by atoms with van der Waals surface area (Å²) in [7, 11) is 0. The van der Waals surface area contributed by atoms with Crippen molar-refractivity contribution < 1.29 is 9.90 Å². The standard InChI is InChI=1S/C16H22N2O2/c1-3-9-16(20,10-4-2)12-18-15(19)14-7-5-13(11-17)6-8-14/h5-8,20H,3-4,9-10,12H2,1-2H3,(H,18,19). The van der Waals surface area contributed by atoms with Crippen LogP contribution in [0.4, 0.5) is 0 Å². The molecule has 0 atom stereocenters. The van der Waals surface area contributed by atoms with Crippen LogP contribution in [0, 0.1) is 11.3 Å².